The van der Waals surface area contributed by atoms with E-state index in [4.69, 9.17) is 4.98 Å². The zero-order valence-electron chi connectivity index (χ0n) is 19.8. The molecule has 0 aliphatic rings. The first kappa shape index (κ1) is 23.9. The van der Waals surface area contributed by atoms with Gasteiger partial charge in [-0.05, 0) is 29.3 Å². The van der Waals surface area contributed by atoms with E-state index in [9.17, 15) is 0 Å². The first-order chi connectivity index (χ1) is 17.8. The van der Waals surface area contributed by atoms with Crippen LogP contribution in [0.15, 0.2) is 109 Å². The van der Waals surface area contributed by atoms with Crippen LogP contribution in [-0.4, -0.2) is 30.2 Å². The highest BCUT2D eigenvalue weighted by atomic mass is 15.5. The molecule has 1 N–H and O–H groups in total. The molecular weight excluding hydrogens is 456 g/mol. The second-order valence-corrected chi connectivity index (χ2v) is 8.47. The normalized spacial score (nSPS) is 10.7. The average Bonchev–Trinajstić information content (AvgIpc) is 3.63. The molecule has 2 heterocycles. The molecule has 0 saturated heterocycles. The molecule has 6 heteroatoms. The van der Waals surface area contributed by atoms with E-state index in [0.717, 1.165) is 57.1 Å². The molecule has 4 aromatic carbocycles. The Labute approximate surface area is 216 Å². The third kappa shape index (κ3) is 4.45. The van der Waals surface area contributed by atoms with Gasteiger partial charge < -0.3 is 4.57 Å². The Balaban J connectivity index is 0.00000280. The SMILES string of the molecule is C.CCn1c(-c2ccccc2-c2cccc(-c3nn[nH]n3)c2)nc(-c2ccccc2)c1-c1ccccc1. The van der Waals surface area contributed by atoms with Crippen molar-refractivity contribution in [3.8, 4) is 56.4 Å². The lowest BCUT2D eigenvalue weighted by Gasteiger charge is -2.14. The molecule has 37 heavy (non-hydrogen) atoms. The first-order valence-electron chi connectivity index (χ1n) is 12.0. The lowest BCUT2D eigenvalue weighted by molar-refractivity contribution is 0.778. The molecule has 2 aromatic heterocycles. The van der Waals surface area contributed by atoms with Crippen molar-refractivity contribution in [3.63, 3.8) is 0 Å². The number of nitrogens with zero attached hydrogens (tertiary/aromatic N) is 5. The number of imidazole rings is 1. The third-order valence-electron chi connectivity index (χ3n) is 6.32. The molecule has 0 aliphatic heterocycles. The fourth-order valence-electron chi connectivity index (χ4n) is 4.69. The van der Waals surface area contributed by atoms with Gasteiger partial charge in [-0.3, -0.25) is 0 Å². The maximum atomic E-state index is 5.28. The molecule has 0 bridgehead atoms. The second kappa shape index (κ2) is 10.4. The van der Waals surface area contributed by atoms with Crippen molar-refractivity contribution in [2.45, 2.75) is 20.9 Å². The number of hydrogen-bond donors (Lipinski definition) is 1. The summed E-state index contributed by atoms with van der Waals surface area (Å²) in [6.45, 7) is 2.96. The minimum atomic E-state index is 0. The van der Waals surface area contributed by atoms with Gasteiger partial charge in [0.2, 0.25) is 5.82 Å². The third-order valence-corrected chi connectivity index (χ3v) is 6.32. The molecule has 0 fully saturated rings. The number of aromatic amines is 1. The fraction of sp³-hybridized carbons (Fsp3) is 0.0968. The Morgan fingerprint density at radius 2 is 1.30 bits per heavy atom. The highest BCUT2D eigenvalue weighted by molar-refractivity contribution is 5.87. The van der Waals surface area contributed by atoms with Gasteiger partial charge in [-0.2, -0.15) is 5.21 Å². The van der Waals surface area contributed by atoms with Gasteiger partial charge >= 0.3 is 0 Å². The topological polar surface area (TPSA) is 72.3 Å². The van der Waals surface area contributed by atoms with E-state index < -0.39 is 0 Å². The summed E-state index contributed by atoms with van der Waals surface area (Å²) in [6, 6.07) is 37.6. The molecule has 182 valence electrons. The van der Waals surface area contributed by atoms with Crippen molar-refractivity contribution in [3.05, 3.63) is 109 Å². The number of nitrogens with one attached hydrogen (secondary N) is 1. The van der Waals surface area contributed by atoms with Crippen LogP contribution >= 0.6 is 0 Å². The zero-order valence-corrected chi connectivity index (χ0v) is 19.8. The van der Waals surface area contributed by atoms with E-state index in [0.29, 0.717) is 5.82 Å². The van der Waals surface area contributed by atoms with Crippen LogP contribution in [-0.2, 0) is 6.54 Å². The van der Waals surface area contributed by atoms with E-state index in [1.54, 1.807) is 0 Å². The van der Waals surface area contributed by atoms with Gasteiger partial charge in [0.15, 0.2) is 0 Å². The number of hydrogen-bond acceptors (Lipinski definition) is 4. The first-order valence-corrected chi connectivity index (χ1v) is 12.0. The van der Waals surface area contributed by atoms with Gasteiger partial charge in [0.05, 0.1) is 11.4 Å². The molecule has 6 nitrogen and oxygen atoms in total. The van der Waals surface area contributed by atoms with E-state index in [1.165, 1.54) is 0 Å². The van der Waals surface area contributed by atoms with Crippen LogP contribution in [0.5, 0.6) is 0 Å². The summed E-state index contributed by atoms with van der Waals surface area (Å²) in [4.78, 5) is 5.28. The number of benzene rings is 4. The van der Waals surface area contributed by atoms with Gasteiger partial charge in [0.25, 0.3) is 0 Å². The molecule has 0 amide bonds. The van der Waals surface area contributed by atoms with Crippen molar-refractivity contribution >= 4 is 0 Å². The number of rotatable bonds is 6. The molecule has 6 aromatic rings. The van der Waals surface area contributed by atoms with E-state index in [1.807, 2.05) is 24.3 Å². The molecule has 0 saturated carbocycles. The van der Waals surface area contributed by atoms with Crippen molar-refractivity contribution in [1.29, 1.82) is 0 Å². The monoisotopic (exact) mass is 484 g/mol. The van der Waals surface area contributed by atoms with Gasteiger partial charge in [0, 0.05) is 28.8 Å². The van der Waals surface area contributed by atoms with E-state index in [2.05, 4.69) is 117 Å². The molecule has 0 atom stereocenters. The van der Waals surface area contributed by atoms with Gasteiger partial charge in [0.1, 0.15) is 5.82 Å². The predicted molar refractivity (Wildman–Crippen MR) is 150 cm³/mol. The minimum Gasteiger partial charge on any atom is -0.324 e. The van der Waals surface area contributed by atoms with Crippen LogP contribution in [0.3, 0.4) is 0 Å². The zero-order chi connectivity index (χ0) is 24.3. The van der Waals surface area contributed by atoms with Crippen molar-refractivity contribution in [1.82, 2.24) is 30.2 Å². The van der Waals surface area contributed by atoms with Crippen LogP contribution in [0.1, 0.15) is 14.4 Å². The highest BCUT2D eigenvalue weighted by Crippen LogP contribution is 2.39. The van der Waals surface area contributed by atoms with Crippen molar-refractivity contribution in [2.24, 2.45) is 0 Å². The summed E-state index contributed by atoms with van der Waals surface area (Å²) < 4.78 is 2.32. The largest absolute Gasteiger partial charge is 0.324 e. The summed E-state index contributed by atoms with van der Waals surface area (Å²) in [5.41, 5.74) is 8.50. The van der Waals surface area contributed by atoms with Crippen LogP contribution in [0.4, 0.5) is 0 Å². The number of H-pyrrole nitrogens is 1. The van der Waals surface area contributed by atoms with Crippen LogP contribution in [0, 0.1) is 0 Å². The minimum absolute atomic E-state index is 0. The van der Waals surface area contributed by atoms with Gasteiger partial charge in [-0.25, -0.2) is 4.98 Å². The molecule has 6 rings (SSSR count). The lowest BCUT2D eigenvalue weighted by atomic mass is 9.97. The smallest absolute Gasteiger partial charge is 0.204 e. The molecular formula is C31H28N6. The Hall–Kier alpha value is -4.84. The standard InChI is InChI=1S/C30H24N6.CH4/c1-2-36-28(22-14-7-4-8-15-22)27(21-12-5-3-6-13-21)31-30(36)26-19-10-9-18-25(26)23-16-11-17-24(20-23)29-32-34-35-33-29;/h3-20H,2H2,1H3,(H,32,33,34,35);1H4. The predicted octanol–water partition coefficient (Wildman–Crippen LogP) is 7.39. The fourth-order valence-corrected chi connectivity index (χ4v) is 4.69. The summed E-state index contributed by atoms with van der Waals surface area (Å²) in [5.74, 6) is 1.51. The van der Waals surface area contributed by atoms with Crippen LogP contribution < -0.4 is 0 Å². The second-order valence-electron chi connectivity index (χ2n) is 8.47. The highest BCUT2D eigenvalue weighted by Gasteiger charge is 2.22. The van der Waals surface area contributed by atoms with E-state index in [-0.39, 0.29) is 7.43 Å². The summed E-state index contributed by atoms with van der Waals surface area (Å²) in [7, 11) is 0. The van der Waals surface area contributed by atoms with Crippen molar-refractivity contribution < 1.29 is 0 Å². The molecule has 0 aliphatic carbocycles. The molecule has 0 unspecified atom stereocenters. The summed E-state index contributed by atoms with van der Waals surface area (Å²) in [6.07, 6.45) is 0. The van der Waals surface area contributed by atoms with Crippen LogP contribution in [0.25, 0.3) is 56.4 Å². The Bertz CT molecular complexity index is 1600. The Morgan fingerprint density at radius 3 is 1.97 bits per heavy atom. The van der Waals surface area contributed by atoms with Gasteiger partial charge in [-0.1, -0.05) is 111 Å². The van der Waals surface area contributed by atoms with Gasteiger partial charge in [-0.15, -0.1) is 10.2 Å². The lowest BCUT2D eigenvalue weighted by Crippen LogP contribution is -2.01. The molecule has 0 radical (unpaired) electrons. The van der Waals surface area contributed by atoms with Crippen LogP contribution in [0.2, 0.25) is 0 Å². The maximum Gasteiger partial charge on any atom is 0.204 e. The quantitative estimate of drug-likeness (QED) is 0.268. The van der Waals surface area contributed by atoms with Crippen molar-refractivity contribution in [2.75, 3.05) is 0 Å². The number of aromatic nitrogens is 6. The van der Waals surface area contributed by atoms with E-state index >= 15 is 0 Å². The molecule has 0 spiro atoms. The maximum absolute atomic E-state index is 5.28. The summed E-state index contributed by atoms with van der Waals surface area (Å²) >= 11 is 0. The Kier molecular flexibility index (Phi) is 6.72. The average molecular weight is 485 g/mol. The Morgan fingerprint density at radius 1 is 0.676 bits per heavy atom. The number of tetrazole rings is 1. The summed E-state index contributed by atoms with van der Waals surface area (Å²) in [5, 5.41) is 14.5.